The molecule has 0 aliphatic heterocycles. The van der Waals surface area contributed by atoms with Crippen LogP contribution >= 0.6 is 11.3 Å². The van der Waals surface area contributed by atoms with Crippen LogP contribution in [0.15, 0.2) is 29.8 Å². The zero-order valence-corrected chi connectivity index (χ0v) is 14.0. The van der Waals surface area contributed by atoms with Gasteiger partial charge in [-0.1, -0.05) is 11.6 Å². The zero-order valence-electron chi connectivity index (χ0n) is 13.2. The normalized spacial score (nSPS) is 24.7. The van der Waals surface area contributed by atoms with E-state index in [-0.39, 0.29) is 5.82 Å². The maximum absolute atomic E-state index is 13.5. The highest BCUT2D eigenvalue weighted by Crippen LogP contribution is 2.50. The summed E-state index contributed by atoms with van der Waals surface area (Å²) in [4.78, 5) is 3.66. The van der Waals surface area contributed by atoms with E-state index in [1.165, 1.54) is 35.9 Å². The lowest BCUT2D eigenvalue weighted by Crippen LogP contribution is -2.21. The van der Waals surface area contributed by atoms with Crippen molar-refractivity contribution in [2.75, 3.05) is 20.6 Å². The standard InChI is InChI=1S/C19H22FNS/c1-21(2)11-15-8-12-3-4-14(7-12)19(15)18-9-13-5-6-16(20)10-17(13)22-18/h5-6,9-10,12,14H,3-4,7-8,11H2,1-2H3/t12-,14-/m1/s1. The first kappa shape index (κ1) is 14.4. The van der Waals surface area contributed by atoms with Crippen LogP contribution in [0, 0.1) is 17.7 Å². The minimum absolute atomic E-state index is 0.132. The van der Waals surface area contributed by atoms with E-state index >= 15 is 0 Å². The van der Waals surface area contributed by atoms with Crippen molar-refractivity contribution in [1.82, 2.24) is 4.90 Å². The van der Waals surface area contributed by atoms with E-state index in [4.69, 9.17) is 0 Å². The number of hydrogen-bond acceptors (Lipinski definition) is 2. The lowest BCUT2D eigenvalue weighted by molar-refractivity contribution is 0.413. The van der Waals surface area contributed by atoms with Crippen LogP contribution in [0.1, 0.15) is 30.6 Å². The molecule has 2 aliphatic carbocycles. The fraction of sp³-hybridized carbons (Fsp3) is 0.474. The molecule has 0 unspecified atom stereocenters. The molecule has 116 valence electrons. The molecule has 0 radical (unpaired) electrons. The van der Waals surface area contributed by atoms with Crippen molar-refractivity contribution < 1.29 is 4.39 Å². The van der Waals surface area contributed by atoms with E-state index in [0.29, 0.717) is 0 Å². The molecule has 1 fully saturated rings. The first-order valence-corrected chi connectivity index (χ1v) is 8.98. The largest absolute Gasteiger partial charge is 0.305 e. The second-order valence-electron chi connectivity index (χ2n) is 7.13. The fourth-order valence-corrected chi connectivity index (χ4v) is 5.57. The molecule has 2 atom stereocenters. The highest BCUT2D eigenvalue weighted by Gasteiger charge is 2.35. The Hall–Kier alpha value is -1.19. The lowest BCUT2D eigenvalue weighted by atomic mass is 9.82. The molecule has 1 aromatic heterocycles. The van der Waals surface area contributed by atoms with E-state index in [9.17, 15) is 4.39 Å². The average molecular weight is 315 g/mol. The molecule has 0 amide bonds. The van der Waals surface area contributed by atoms with Gasteiger partial charge in [0.15, 0.2) is 0 Å². The lowest BCUT2D eigenvalue weighted by Gasteiger charge is -2.28. The Kier molecular flexibility index (Phi) is 3.58. The van der Waals surface area contributed by atoms with Gasteiger partial charge < -0.3 is 4.90 Å². The van der Waals surface area contributed by atoms with Crippen LogP contribution in [-0.4, -0.2) is 25.5 Å². The monoisotopic (exact) mass is 315 g/mol. The van der Waals surface area contributed by atoms with Crippen molar-refractivity contribution >= 4 is 27.0 Å². The van der Waals surface area contributed by atoms with Crippen LogP contribution in [0.4, 0.5) is 4.39 Å². The summed E-state index contributed by atoms with van der Waals surface area (Å²) >= 11 is 1.77. The van der Waals surface area contributed by atoms with E-state index in [2.05, 4.69) is 25.1 Å². The molecule has 0 spiro atoms. The van der Waals surface area contributed by atoms with Gasteiger partial charge >= 0.3 is 0 Å². The minimum atomic E-state index is -0.132. The quantitative estimate of drug-likeness (QED) is 0.755. The average Bonchev–Trinajstić information content (AvgIpc) is 3.02. The Bertz CT molecular complexity index is 743. The molecule has 1 nitrogen and oxygen atoms in total. The number of allylic oxidation sites excluding steroid dienone is 1. The summed E-state index contributed by atoms with van der Waals surface area (Å²) in [5.74, 6) is 1.50. The number of thiophene rings is 1. The third kappa shape index (κ3) is 2.50. The van der Waals surface area contributed by atoms with Crippen molar-refractivity contribution in [1.29, 1.82) is 0 Å². The smallest absolute Gasteiger partial charge is 0.124 e. The van der Waals surface area contributed by atoms with Crippen LogP contribution in [0.2, 0.25) is 0 Å². The summed E-state index contributed by atoms with van der Waals surface area (Å²) in [7, 11) is 4.31. The van der Waals surface area contributed by atoms with Gasteiger partial charge in [-0.3, -0.25) is 0 Å². The number of hydrogen-bond donors (Lipinski definition) is 0. The highest BCUT2D eigenvalue weighted by molar-refractivity contribution is 7.20. The van der Waals surface area contributed by atoms with Gasteiger partial charge in [0.25, 0.3) is 0 Å². The van der Waals surface area contributed by atoms with Crippen LogP contribution in [-0.2, 0) is 0 Å². The van der Waals surface area contributed by atoms with Crippen molar-refractivity contribution in [3.05, 3.63) is 40.5 Å². The summed E-state index contributed by atoms with van der Waals surface area (Å²) in [5.41, 5.74) is 3.21. The van der Waals surface area contributed by atoms with E-state index in [1.807, 2.05) is 6.07 Å². The van der Waals surface area contributed by atoms with Crippen LogP contribution in [0.3, 0.4) is 0 Å². The Morgan fingerprint density at radius 2 is 2.09 bits per heavy atom. The summed E-state index contributed by atoms with van der Waals surface area (Å²) in [6.45, 7) is 1.06. The summed E-state index contributed by atoms with van der Waals surface area (Å²) in [5, 5.41) is 1.18. The molecular weight excluding hydrogens is 293 g/mol. The Labute approximate surface area is 135 Å². The van der Waals surface area contributed by atoms with Gasteiger partial charge in [0.05, 0.1) is 0 Å². The van der Waals surface area contributed by atoms with E-state index in [1.54, 1.807) is 34.6 Å². The molecule has 2 aromatic rings. The molecule has 1 aromatic carbocycles. The predicted octanol–water partition coefficient (Wildman–Crippen LogP) is 5.18. The topological polar surface area (TPSA) is 3.24 Å². The molecule has 4 rings (SSSR count). The molecule has 1 heterocycles. The van der Waals surface area contributed by atoms with E-state index < -0.39 is 0 Å². The van der Waals surface area contributed by atoms with Gasteiger partial charge in [-0.2, -0.15) is 0 Å². The minimum Gasteiger partial charge on any atom is -0.305 e. The van der Waals surface area contributed by atoms with Crippen molar-refractivity contribution in [2.45, 2.75) is 25.7 Å². The second-order valence-corrected chi connectivity index (χ2v) is 8.21. The van der Waals surface area contributed by atoms with Gasteiger partial charge in [0.2, 0.25) is 0 Å². The third-order valence-corrected chi connectivity index (χ3v) is 6.25. The number of likely N-dealkylation sites (N-methyl/N-ethyl adjacent to an activating group) is 1. The molecule has 2 bridgehead atoms. The third-order valence-electron chi connectivity index (χ3n) is 5.12. The molecule has 1 saturated carbocycles. The van der Waals surface area contributed by atoms with Crippen LogP contribution < -0.4 is 0 Å². The second kappa shape index (κ2) is 5.47. The summed E-state index contributed by atoms with van der Waals surface area (Å²) in [6, 6.07) is 7.44. The number of benzene rings is 1. The van der Waals surface area contributed by atoms with Crippen molar-refractivity contribution in [2.24, 2.45) is 11.8 Å². The van der Waals surface area contributed by atoms with Crippen molar-refractivity contribution in [3.8, 4) is 0 Å². The first-order chi connectivity index (χ1) is 10.6. The first-order valence-electron chi connectivity index (χ1n) is 8.16. The van der Waals surface area contributed by atoms with E-state index in [0.717, 1.165) is 23.1 Å². The van der Waals surface area contributed by atoms with Gasteiger partial charge in [-0.05, 0) is 80.8 Å². The Balaban J connectivity index is 1.82. The maximum Gasteiger partial charge on any atom is 0.124 e. The zero-order chi connectivity index (χ0) is 15.3. The van der Waals surface area contributed by atoms with Crippen LogP contribution in [0.5, 0.6) is 0 Å². The van der Waals surface area contributed by atoms with Gasteiger partial charge in [0.1, 0.15) is 5.82 Å². The molecule has 2 aliphatic rings. The van der Waals surface area contributed by atoms with Gasteiger partial charge in [-0.15, -0.1) is 11.3 Å². The Morgan fingerprint density at radius 1 is 1.23 bits per heavy atom. The number of halogens is 1. The number of rotatable bonds is 3. The number of nitrogens with zero attached hydrogens (tertiary/aromatic N) is 1. The highest BCUT2D eigenvalue weighted by atomic mass is 32.1. The fourth-order valence-electron chi connectivity index (χ4n) is 4.31. The Morgan fingerprint density at radius 3 is 2.91 bits per heavy atom. The maximum atomic E-state index is 13.5. The SMILES string of the molecule is CN(C)CC1=C(c2cc3ccc(F)cc3s2)[C@@H]2CC[C@@H](C1)C2. The number of fused-ring (bicyclic) bond motifs is 3. The van der Waals surface area contributed by atoms with Gasteiger partial charge in [0, 0.05) is 16.1 Å². The molecule has 3 heteroatoms. The molecular formula is C19H22FNS. The predicted molar refractivity (Wildman–Crippen MR) is 92.7 cm³/mol. The van der Waals surface area contributed by atoms with Crippen molar-refractivity contribution in [3.63, 3.8) is 0 Å². The summed E-state index contributed by atoms with van der Waals surface area (Å²) in [6.07, 6.45) is 5.33. The van der Waals surface area contributed by atoms with Gasteiger partial charge in [-0.25, -0.2) is 4.39 Å². The molecule has 0 N–H and O–H groups in total. The molecule has 22 heavy (non-hydrogen) atoms. The van der Waals surface area contributed by atoms with Crippen LogP contribution in [0.25, 0.3) is 15.7 Å². The summed E-state index contributed by atoms with van der Waals surface area (Å²) < 4.78 is 14.6. The molecule has 0 saturated heterocycles.